The number of aliphatic hydroxyl groups is 1. The number of rotatable bonds is 25. The van der Waals surface area contributed by atoms with Crippen LogP contribution in [0.3, 0.4) is 0 Å². The van der Waals surface area contributed by atoms with Crippen molar-refractivity contribution in [2.24, 2.45) is 7.05 Å². The highest BCUT2D eigenvalue weighted by Gasteiger charge is 2.31. The van der Waals surface area contributed by atoms with E-state index in [9.17, 15) is 19.5 Å². The Bertz CT molecular complexity index is 2470. The molecule has 0 radical (unpaired) electrons. The van der Waals surface area contributed by atoms with E-state index in [4.69, 9.17) is 29.0 Å². The number of benzene rings is 2. The lowest BCUT2D eigenvalue weighted by molar-refractivity contribution is -0.135. The van der Waals surface area contributed by atoms with Gasteiger partial charge >= 0.3 is 5.69 Å². The van der Waals surface area contributed by atoms with Crippen molar-refractivity contribution < 1.29 is 33.6 Å². The van der Waals surface area contributed by atoms with E-state index in [-0.39, 0.29) is 30.2 Å². The molecule has 1 atom stereocenters. The van der Waals surface area contributed by atoms with Crippen LogP contribution in [0.5, 0.6) is 0 Å². The van der Waals surface area contributed by atoms with E-state index in [0.717, 1.165) is 131 Å². The molecule has 0 bridgehead atoms. The number of fused-ring (bicyclic) bond motifs is 2. The van der Waals surface area contributed by atoms with Crippen molar-refractivity contribution in [1.82, 2.24) is 44.0 Å². The second-order valence-electron chi connectivity index (χ2n) is 18.3. The Balaban J connectivity index is 0.651. The Labute approximate surface area is 398 Å². The van der Waals surface area contributed by atoms with E-state index in [0.29, 0.717) is 70.7 Å². The van der Waals surface area contributed by atoms with Crippen LogP contribution in [0.2, 0.25) is 0 Å². The summed E-state index contributed by atoms with van der Waals surface area (Å²) < 4.78 is 28.1. The van der Waals surface area contributed by atoms with Gasteiger partial charge in [0.1, 0.15) is 11.7 Å². The van der Waals surface area contributed by atoms with Crippen molar-refractivity contribution in [3.8, 4) is 11.3 Å². The second kappa shape index (κ2) is 24.5. The van der Waals surface area contributed by atoms with Gasteiger partial charge in [-0.15, -0.1) is 0 Å². The molecule has 3 aliphatic rings. The first-order valence-electron chi connectivity index (χ1n) is 24.8. The molecular weight excluding hydrogens is 869 g/mol. The molecule has 1 aliphatic carbocycles. The number of ether oxygens (including phenoxy) is 4. The largest absolute Gasteiger partial charge is 0.393 e. The third-order valence-corrected chi connectivity index (χ3v) is 13.5. The van der Waals surface area contributed by atoms with E-state index < -0.39 is 11.9 Å². The Morgan fingerprint density at radius 2 is 1.46 bits per heavy atom. The van der Waals surface area contributed by atoms with Crippen LogP contribution in [0, 0.1) is 0 Å². The van der Waals surface area contributed by atoms with Crippen LogP contribution in [0.1, 0.15) is 87.9 Å². The maximum absolute atomic E-state index is 13.0. The Morgan fingerprint density at radius 1 is 0.779 bits per heavy atom. The number of hydrogen-bond acceptors (Lipinski definition) is 14. The number of imidazole rings is 1. The number of carbonyl (C=O) groups is 2. The molecule has 68 heavy (non-hydrogen) atoms. The number of carbonyl (C=O) groups excluding carboxylic acids is 2. The fraction of sp³-hybridized carbons (Fsp3) is 0.600. The molecule has 3 N–H and O–H groups in total. The maximum atomic E-state index is 13.0. The first-order chi connectivity index (χ1) is 33.2. The summed E-state index contributed by atoms with van der Waals surface area (Å²) in [5.41, 5.74) is 6.37. The lowest BCUT2D eigenvalue weighted by Gasteiger charge is -2.34. The first kappa shape index (κ1) is 49.3. The summed E-state index contributed by atoms with van der Waals surface area (Å²) >= 11 is 0. The molecule has 2 saturated heterocycles. The van der Waals surface area contributed by atoms with Gasteiger partial charge in [-0.1, -0.05) is 43.7 Å². The predicted octanol–water partition coefficient (Wildman–Crippen LogP) is 4.63. The van der Waals surface area contributed by atoms with Crippen molar-refractivity contribution in [1.29, 1.82) is 0 Å². The average Bonchev–Trinajstić information content (AvgIpc) is 3.84. The SMILES string of the molecule is CCCCNc1ncc2c(-c3ccc(CN4CCN(CCOCCOCCOCCOCCCc5ccc6c(c5)n(C)c(=O)n6C5CCC(=O)NC5=O)CC4)cc3)nn([C@H]3CC[C@H](O)CC3)c2n1. The molecule has 368 valence electrons. The van der Waals surface area contributed by atoms with Gasteiger partial charge in [0.25, 0.3) is 0 Å². The molecule has 1 saturated carbocycles. The molecule has 3 aromatic heterocycles. The summed E-state index contributed by atoms with van der Waals surface area (Å²) in [7, 11) is 1.70. The van der Waals surface area contributed by atoms with Gasteiger partial charge < -0.3 is 29.4 Å². The fourth-order valence-electron chi connectivity index (χ4n) is 9.48. The van der Waals surface area contributed by atoms with E-state index in [1.807, 2.05) is 24.4 Å². The van der Waals surface area contributed by atoms with Crippen molar-refractivity contribution in [2.75, 3.05) is 97.4 Å². The highest BCUT2D eigenvalue weighted by atomic mass is 16.6. The monoisotopic (exact) mass is 939 g/mol. The van der Waals surface area contributed by atoms with Crippen molar-refractivity contribution in [3.63, 3.8) is 0 Å². The second-order valence-corrected chi connectivity index (χ2v) is 18.3. The quantitative estimate of drug-likeness (QED) is 0.0542. The Hall–Kier alpha value is -5.08. The normalized spacial score (nSPS) is 19.6. The van der Waals surface area contributed by atoms with Crippen LogP contribution in [0.15, 0.2) is 53.5 Å². The van der Waals surface area contributed by atoms with Crippen LogP contribution < -0.4 is 16.3 Å². The summed E-state index contributed by atoms with van der Waals surface area (Å²) in [4.78, 5) is 51.7. The van der Waals surface area contributed by atoms with Crippen LogP contribution >= 0.6 is 0 Å². The van der Waals surface area contributed by atoms with Gasteiger partial charge in [-0.3, -0.25) is 33.8 Å². The number of unbranched alkanes of at least 4 members (excludes halogenated alkanes) is 1. The molecule has 18 heteroatoms. The minimum Gasteiger partial charge on any atom is -0.393 e. The van der Waals surface area contributed by atoms with Crippen LogP contribution in [-0.2, 0) is 48.5 Å². The summed E-state index contributed by atoms with van der Waals surface area (Å²) in [5.74, 6) is -0.0977. The zero-order valence-corrected chi connectivity index (χ0v) is 39.9. The Kier molecular flexibility index (Phi) is 17.8. The lowest BCUT2D eigenvalue weighted by Crippen LogP contribution is -2.46. The number of imide groups is 1. The summed E-state index contributed by atoms with van der Waals surface area (Å²) in [5, 5.41) is 22.0. The predicted molar refractivity (Wildman–Crippen MR) is 260 cm³/mol. The van der Waals surface area contributed by atoms with Gasteiger partial charge in [0.2, 0.25) is 17.8 Å². The number of anilines is 1. The molecule has 1 unspecified atom stereocenters. The van der Waals surface area contributed by atoms with Crippen LogP contribution in [-0.4, -0.2) is 154 Å². The number of piperazine rings is 1. The minimum atomic E-state index is -0.689. The van der Waals surface area contributed by atoms with Gasteiger partial charge in [-0.25, -0.2) is 14.5 Å². The summed E-state index contributed by atoms with van der Waals surface area (Å²) in [6.07, 6.45) is 9.33. The molecule has 5 aromatic rings. The molecule has 8 rings (SSSR count). The van der Waals surface area contributed by atoms with E-state index in [1.165, 1.54) is 10.1 Å². The number of piperidine rings is 1. The standard InChI is InChI=1S/C50H70N10O8/c1-3-4-19-51-49-52-34-41-46(55-60(47(41)54-49)39-12-14-40(61)15-13-39)38-10-7-37(8-11-38)35-58-22-20-57(21-23-58)24-26-66-28-30-68-32-31-67-29-27-65-25-5-6-36-9-16-42-44(33-36)56(2)50(64)59(42)43-17-18-45(62)53-48(43)63/h7-11,16,33-34,39-40,43,61H,3-6,12-15,17-32,35H2,1-2H3,(H,51,52,54)(H,53,62,63)/t39-,40-,43?. The van der Waals surface area contributed by atoms with Gasteiger partial charge in [-0.05, 0) is 74.6 Å². The number of hydrogen-bond donors (Lipinski definition) is 3. The average molecular weight is 939 g/mol. The highest BCUT2D eigenvalue weighted by molar-refractivity contribution is 6.00. The topological polar surface area (TPSA) is 192 Å². The van der Waals surface area contributed by atoms with Crippen molar-refractivity contribution in [2.45, 2.75) is 95.9 Å². The van der Waals surface area contributed by atoms with Crippen LogP contribution in [0.4, 0.5) is 5.95 Å². The zero-order valence-electron chi connectivity index (χ0n) is 39.9. The van der Waals surface area contributed by atoms with Gasteiger partial charge in [0.15, 0.2) is 5.65 Å². The van der Waals surface area contributed by atoms with E-state index >= 15 is 0 Å². The molecule has 3 fully saturated rings. The Morgan fingerprint density at radius 3 is 2.16 bits per heavy atom. The third kappa shape index (κ3) is 12.8. The van der Waals surface area contributed by atoms with Crippen molar-refractivity contribution >= 4 is 39.8 Å². The molecule has 18 nitrogen and oxygen atoms in total. The van der Waals surface area contributed by atoms with E-state index in [1.54, 1.807) is 11.6 Å². The molecule has 2 amide bonds. The zero-order chi connectivity index (χ0) is 47.2. The smallest absolute Gasteiger partial charge is 0.329 e. The number of aryl methyl sites for hydroxylation is 2. The molecular formula is C50H70N10O8. The summed E-state index contributed by atoms with van der Waals surface area (Å²) in [6.45, 7) is 13.2. The molecule has 5 heterocycles. The number of nitrogens with one attached hydrogen (secondary N) is 2. The molecule has 0 spiro atoms. The lowest BCUT2D eigenvalue weighted by atomic mass is 9.93. The molecule has 2 aliphatic heterocycles. The van der Waals surface area contributed by atoms with Crippen molar-refractivity contribution in [3.05, 3.63) is 70.3 Å². The number of amides is 2. The van der Waals surface area contributed by atoms with E-state index in [2.05, 4.69) is 61.3 Å². The minimum absolute atomic E-state index is 0.210. The molecule has 2 aromatic carbocycles. The maximum Gasteiger partial charge on any atom is 0.329 e. The van der Waals surface area contributed by atoms with Crippen LogP contribution in [0.25, 0.3) is 33.3 Å². The third-order valence-electron chi connectivity index (χ3n) is 13.5. The fourth-order valence-corrected chi connectivity index (χ4v) is 9.48. The highest BCUT2D eigenvalue weighted by Crippen LogP contribution is 2.35. The number of aromatic nitrogens is 6. The first-order valence-corrected chi connectivity index (χ1v) is 24.8. The van der Waals surface area contributed by atoms with Gasteiger partial charge in [0.05, 0.1) is 74.8 Å². The number of nitrogens with zero attached hydrogens (tertiary/aromatic N) is 8. The van der Waals surface area contributed by atoms with Gasteiger partial charge in [0, 0.05) is 77.6 Å². The summed E-state index contributed by atoms with van der Waals surface area (Å²) in [6, 6.07) is 14.2. The van der Waals surface area contributed by atoms with Gasteiger partial charge in [-0.2, -0.15) is 10.1 Å². The number of aliphatic hydroxyl groups excluding tert-OH is 1.